The monoisotopic (exact) mass is 309 g/mol. The van der Waals surface area contributed by atoms with Gasteiger partial charge in [-0.15, -0.1) is 0 Å². The fourth-order valence-corrected chi connectivity index (χ4v) is 2.30. The van der Waals surface area contributed by atoms with Crippen molar-refractivity contribution in [3.63, 3.8) is 0 Å². The molecule has 0 radical (unpaired) electrons. The Morgan fingerprint density at radius 1 is 1.17 bits per heavy atom. The zero-order valence-electron chi connectivity index (χ0n) is 12.5. The Kier molecular flexibility index (Phi) is 3.80. The Labute approximate surface area is 132 Å². The third kappa shape index (κ3) is 3.06. The molecule has 0 aliphatic heterocycles. The number of rotatable bonds is 4. The highest BCUT2D eigenvalue weighted by Gasteiger charge is 2.11. The summed E-state index contributed by atoms with van der Waals surface area (Å²) in [6.07, 6.45) is 1.70. The lowest BCUT2D eigenvalue weighted by Gasteiger charge is -2.03. The molecular formula is C17H15N3O3. The third-order valence-electron chi connectivity index (χ3n) is 3.58. The molecule has 0 atom stereocenters. The average Bonchev–Trinajstić information content (AvgIpc) is 2.99. The summed E-state index contributed by atoms with van der Waals surface area (Å²) in [6, 6.07) is 12.1. The molecule has 2 aromatic heterocycles. The van der Waals surface area contributed by atoms with Gasteiger partial charge in [-0.05, 0) is 36.8 Å². The molecule has 0 spiro atoms. The van der Waals surface area contributed by atoms with Crippen molar-refractivity contribution in [1.29, 1.82) is 0 Å². The number of carbonyl (C=O) groups is 2. The number of amides is 1. The molecule has 6 nitrogen and oxygen atoms in total. The van der Waals surface area contributed by atoms with E-state index in [0.29, 0.717) is 12.2 Å². The first-order valence-electron chi connectivity index (χ1n) is 7.10. The fraction of sp³-hybridized carbons (Fsp3) is 0.118. The standard InChI is InChI=1S/C17H15N3O3/c1-11-3-2-4-15-19-14(10-20(11)15)16(21)18-9-12-5-7-13(8-6-12)17(22)23/h2-8,10H,9H2,1H3,(H,18,21)(H,22,23). The van der Waals surface area contributed by atoms with E-state index in [2.05, 4.69) is 10.3 Å². The number of carboxylic acids is 1. The molecule has 6 heteroatoms. The second-order valence-corrected chi connectivity index (χ2v) is 5.21. The van der Waals surface area contributed by atoms with Gasteiger partial charge in [0.1, 0.15) is 11.3 Å². The summed E-state index contributed by atoms with van der Waals surface area (Å²) >= 11 is 0. The number of benzene rings is 1. The fourth-order valence-electron chi connectivity index (χ4n) is 2.30. The Bertz CT molecular complexity index is 882. The molecule has 0 bridgehead atoms. The van der Waals surface area contributed by atoms with Gasteiger partial charge in [-0.3, -0.25) is 4.79 Å². The molecule has 3 rings (SSSR count). The van der Waals surface area contributed by atoms with Crippen LogP contribution in [-0.2, 0) is 6.54 Å². The van der Waals surface area contributed by atoms with Crippen LogP contribution in [0.25, 0.3) is 5.65 Å². The van der Waals surface area contributed by atoms with Gasteiger partial charge in [0.25, 0.3) is 5.91 Å². The van der Waals surface area contributed by atoms with Crippen LogP contribution in [0, 0.1) is 6.92 Å². The minimum atomic E-state index is -0.972. The number of imidazole rings is 1. The van der Waals surface area contributed by atoms with Crippen LogP contribution >= 0.6 is 0 Å². The van der Waals surface area contributed by atoms with E-state index in [1.165, 1.54) is 12.1 Å². The van der Waals surface area contributed by atoms with Crippen LogP contribution in [0.15, 0.2) is 48.7 Å². The van der Waals surface area contributed by atoms with Crippen LogP contribution in [0.5, 0.6) is 0 Å². The molecule has 0 saturated heterocycles. The summed E-state index contributed by atoms with van der Waals surface area (Å²) < 4.78 is 1.86. The SMILES string of the molecule is Cc1cccc2nc(C(=O)NCc3ccc(C(=O)O)cc3)cn12. The summed E-state index contributed by atoms with van der Waals surface area (Å²) in [7, 11) is 0. The van der Waals surface area contributed by atoms with Gasteiger partial charge in [0.05, 0.1) is 5.56 Å². The maximum Gasteiger partial charge on any atom is 0.335 e. The smallest absolute Gasteiger partial charge is 0.335 e. The molecule has 0 aliphatic carbocycles. The molecule has 2 N–H and O–H groups in total. The lowest BCUT2D eigenvalue weighted by molar-refractivity contribution is 0.0696. The van der Waals surface area contributed by atoms with Gasteiger partial charge < -0.3 is 14.8 Å². The summed E-state index contributed by atoms with van der Waals surface area (Å²) in [5, 5.41) is 11.6. The molecule has 0 unspecified atom stereocenters. The number of nitrogens with zero attached hydrogens (tertiary/aromatic N) is 2. The quantitative estimate of drug-likeness (QED) is 0.774. The molecule has 3 aromatic rings. The number of hydrogen-bond acceptors (Lipinski definition) is 3. The number of hydrogen-bond donors (Lipinski definition) is 2. The van der Waals surface area contributed by atoms with Crippen molar-refractivity contribution in [3.8, 4) is 0 Å². The normalized spacial score (nSPS) is 10.7. The number of fused-ring (bicyclic) bond motifs is 1. The summed E-state index contributed by atoms with van der Waals surface area (Å²) in [5.41, 5.74) is 3.11. The van der Waals surface area contributed by atoms with E-state index in [9.17, 15) is 9.59 Å². The number of aromatic carboxylic acids is 1. The zero-order valence-corrected chi connectivity index (χ0v) is 12.5. The van der Waals surface area contributed by atoms with Gasteiger partial charge in [-0.1, -0.05) is 18.2 Å². The summed E-state index contributed by atoms with van der Waals surface area (Å²) in [6.45, 7) is 2.26. The lowest BCUT2D eigenvalue weighted by Crippen LogP contribution is -2.23. The molecule has 1 aromatic carbocycles. The van der Waals surface area contributed by atoms with E-state index in [0.717, 1.165) is 16.9 Å². The van der Waals surface area contributed by atoms with Crippen molar-refractivity contribution >= 4 is 17.5 Å². The van der Waals surface area contributed by atoms with Crippen LogP contribution in [0.3, 0.4) is 0 Å². The maximum atomic E-state index is 12.2. The molecule has 0 saturated carbocycles. The molecule has 2 heterocycles. The predicted octanol–water partition coefficient (Wildman–Crippen LogP) is 2.27. The number of carbonyl (C=O) groups excluding carboxylic acids is 1. The van der Waals surface area contributed by atoms with E-state index in [1.807, 2.05) is 29.5 Å². The largest absolute Gasteiger partial charge is 0.478 e. The van der Waals surface area contributed by atoms with E-state index >= 15 is 0 Å². The van der Waals surface area contributed by atoms with E-state index in [4.69, 9.17) is 5.11 Å². The van der Waals surface area contributed by atoms with Crippen LogP contribution < -0.4 is 5.32 Å². The van der Waals surface area contributed by atoms with Crippen molar-refractivity contribution in [1.82, 2.24) is 14.7 Å². The van der Waals surface area contributed by atoms with Crippen LogP contribution in [0.1, 0.15) is 32.1 Å². The van der Waals surface area contributed by atoms with Gasteiger partial charge in [0.2, 0.25) is 0 Å². The third-order valence-corrected chi connectivity index (χ3v) is 3.58. The van der Waals surface area contributed by atoms with Crippen LogP contribution in [-0.4, -0.2) is 26.4 Å². The van der Waals surface area contributed by atoms with E-state index < -0.39 is 5.97 Å². The second kappa shape index (κ2) is 5.92. The van der Waals surface area contributed by atoms with Crippen LogP contribution in [0.4, 0.5) is 0 Å². The van der Waals surface area contributed by atoms with Crippen molar-refractivity contribution in [2.75, 3.05) is 0 Å². The van der Waals surface area contributed by atoms with Crippen molar-refractivity contribution in [2.24, 2.45) is 0 Å². The lowest BCUT2D eigenvalue weighted by atomic mass is 10.1. The first-order valence-corrected chi connectivity index (χ1v) is 7.10. The van der Waals surface area contributed by atoms with E-state index in [-0.39, 0.29) is 11.5 Å². The van der Waals surface area contributed by atoms with Gasteiger partial charge >= 0.3 is 5.97 Å². The van der Waals surface area contributed by atoms with Crippen molar-refractivity contribution in [2.45, 2.75) is 13.5 Å². The highest BCUT2D eigenvalue weighted by molar-refractivity contribution is 5.92. The highest BCUT2D eigenvalue weighted by atomic mass is 16.4. The minimum absolute atomic E-state index is 0.218. The molecule has 23 heavy (non-hydrogen) atoms. The van der Waals surface area contributed by atoms with Gasteiger partial charge in [-0.2, -0.15) is 0 Å². The van der Waals surface area contributed by atoms with Crippen LogP contribution in [0.2, 0.25) is 0 Å². The van der Waals surface area contributed by atoms with Crippen molar-refractivity contribution in [3.05, 3.63) is 71.2 Å². The number of aryl methyl sites for hydroxylation is 1. The predicted molar refractivity (Wildman–Crippen MR) is 84.5 cm³/mol. The maximum absolute atomic E-state index is 12.2. The Morgan fingerprint density at radius 2 is 1.91 bits per heavy atom. The molecule has 0 aliphatic rings. The van der Waals surface area contributed by atoms with Crippen molar-refractivity contribution < 1.29 is 14.7 Å². The Morgan fingerprint density at radius 3 is 2.57 bits per heavy atom. The topological polar surface area (TPSA) is 83.7 Å². The summed E-state index contributed by atoms with van der Waals surface area (Å²) in [5.74, 6) is -1.24. The Hall–Kier alpha value is -3.15. The number of aromatic nitrogens is 2. The zero-order chi connectivity index (χ0) is 16.4. The van der Waals surface area contributed by atoms with Gasteiger partial charge in [0.15, 0.2) is 0 Å². The Balaban J connectivity index is 1.70. The van der Waals surface area contributed by atoms with Gasteiger partial charge in [-0.25, -0.2) is 9.78 Å². The number of pyridine rings is 1. The molecule has 1 amide bonds. The molecular weight excluding hydrogens is 294 g/mol. The molecule has 116 valence electrons. The summed E-state index contributed by atoms with van der Waals surface area (Å²) in [4.78, 5) is 27.3. The first kappa shape index (κ1) is 14.8. The molecule has 0 fully saturated rings. The number of carboxylic acid groups (broad SMARTS) is 1. The second-order valence-electron chi connectivity index (χ2n) is 5.21. The van der Waals surface area contributed by atoms with E-state index in [1.54, 1.807) is 18.3 Å². The highest BCUT2D eigenvalue weighted by Crippen LogP contribution is 2.09. The minimum Gasteiger partial charge on any atom is -0.478 e. The first-order chi connectivity index (χ1) is 11.0. The van der Waals surface area contributed by atoms with Gasteiger partial charge in [0, 0.05) is 18.4 Å². The number of nitrogens with one attached hydrogen (secondary N) is 1. The average molecular weight is 309 g/mol.